The van der Waals surface area contributed by atoms with Gasteiger partial charge >= 0.3 is 0 Å². The fourth-order valence-corrected chi connectivity index (χ4v) is 4.90. The van der Waals surface area contributed by atoms with Crippen molar-refractivity contribution in [3.05, 3.63) is 40.7 Å². The molecule has 2 fully saturated rings. The van der Waals surface area contributed by atoms with Gasteiger partial charge in [-0.05, 0) is 61.2 Å². The fraction of sp³-hybridized carbons (Fsp3) is 0.550. The molecule has 0 unspecified atom stereocenters. The molecular weight excluding hydrogens is 374 g/mol. The predicted octanol–water partition coefficient (Wildman–Crippen LogP) is 2.33. The summed E-state index contributed by atoms with van der Waals surface area (Å²) in [7, 11) is 0. The van der Waals surface area contributed by atoms with Crippen molar-refractivity contribution in [1.82, 2.24) is 24.4 Å². The second kappa shape index (κ2) is 7.95. The molecule has 0 atom stereocenters. The van der Waals surface area contributed by atoms with Gasteiger partial charge in [0.25, 0.3) is 5.91 Å². The van der Waals surface area contributed by atoms with Crippen LogP contribution < -0.4 is 0 Å². The Labute approximate surface area is 168 Å². The molecule has 4 rings (SSSR count). The van der Waals surface area contributed by atoms with Crippen molar-refractivity contribution in [2.75, 3.05) is 26.2 Å². The number of aryl methyl sites for hydroxylation is 1. The van der Waals surface area contributed by atoms with Crippen molar-refractivity contribution < 1.29 is 9.59 Å². The minimum absolute atomic E-state index is 0.0441. The number of likely N-dealkylation sites (tertiary alicyclic amines) is 2. The number of aromatic nitrogens is 3. The Hall–Kier alpha value is -2.35. The lowest BCUT2D eigenvalue weighted by molar-refractivity contribution is -0.138. The number of carbonyl (C=O) groups is 2. The topological polar surface area (TPSA) is 79.3 Å². The van der Waals surface area contributed by atoms with E-state index in [1.165, 1.54) is 11.5 Å². The van der Waals surface area contributed by atoms with E-state index >= 15 is 0 Å². The molecule has 148 valence electrons. The molecule has 0 aromatic carbocycles. The molecule has 2 aliphatic rings. The molecule has 0 bridgehead atoms. The van der Waals surface area contributed by atoms with Gasteiger partial charge in [-0.2, -0.15) is 0 Å². The van der Waals surface area contributed by atoms with Crippen molar-refractivity contribution in [2.45, 2.75) is 39.0 Å². The van der Waals surface area contributed by atoms with E-state index in [0.29, 0.717) is 17.0 Å². The second-order valence-electron chi connectivity index (χ2n) is 7.91. The monoisotopic (exact) mass is 399 g/mol. The maximum absolute atomic E-state index is 12.7. The third-order valence-electron chi connectivity index (χ3n) is 6.10. The van der Waals surface area contributed by atoms with Crippen LogP contribution in [-0.2, 0) is 11.2 Å². The molecule has 0 N–H and O–H groups in total. The number of carbonyl (C=O) groups excluding carboxylic acids is 2. The zero-order valence-electron chi connectivity index (χ0n) is 16.1. The molecule has 0 aliphatic carbocycles. The van der Waals surface area contributed by atoms with Gasteiger partial charge in [-0.3, -0.25) is 14.6 Å². The molecule has 0 radical (unpaired) electrons. The average Bonchev–Trinajstić information content (AvgIpc) is 3.16. The Balaban J connectivity index is 1.36. The maximum Gasteiger partial charge on any atom is 0.267 e. The average molecular weight is 400 g/mol. The highest BCUT2D eigenvalue weighted by molar-refractivity contribution is 7.07. The quantitative estimate of drug-likeness (QED) is 0.788. The van der Waals surface area contributed by atoms with Gasteiger partial charge in [-0.1, -0.05) is 10.6 Å². The van der Waals surface area contributed by atoms with Crippen LogP contribution in [0.4, 0.5) is 0 Å². The van der Waals surface area contributed by atoms with Gasteiger partial charge in [-0.15, -0.1) is 5.10 Å². The first-order valence-electron chi connectivity index (χ1n) is 9.81. The van der Waals surface area contributed by atoms with Crippen LogP contribution in [0.15, 0.2) is 24.5 Å². The Bertz CT molecular complexity index is 845. The zero-order chi connectivity index (χ0) is 19.6. The van der Waals surface area contributed by atoms with Crippen LogP contribution >= 0.6 is 11.5 Å². The second-order valence-corrected chi connectivity index (χ2v) is 8.66. The molecular formula is C20H25N5O2S. The number of hydrogen-bond donors (Lipinski definition) is 0. The number of pyridine rings is 1. The molecule has 7 nitrogen and oxygen atoms in total. The summed E-state index contributed by atoms with van der Waals surface area (Å²) in [5.74, 6) is 0.294. The molecule has 0 saturated carbocycles. The highest BCUT2D eigenvalue weighted by atomic mass is 32.1. The summed E-state index contributed by atoms with van der Waals surface area (Å²) >= 11 is 1.17. The molecule has 2 aromatic rings. The van der Waals surface area contributed by atoms with Gasteiger partial charge in [0.2, 0.25) is 5.91 Å². The standard InChI is InChI=1S/C20H25N5O2S/c1-15-18(28-23-22-15)19(27)24-11-7-20(8-12-24)6-4-17(26)25(14-20)10-5-16-3-2-9-21-13-16/h2-3,9,13H,4-8,10-12,14H2,1H3. The van der Waals surface area contributed by atoms with Gasteiger partial charge in [0.15, 0.2) is 0 Å². The molecule has 4 heterocycles. The summed E-state index contributed by atoms with van der Waals surface area (Å²) in [5.41, 5.74) is 2.00. The molecule has 1 spiro atoms. The van der Waals surface area contributed by atoms with Crippen LogP contribution in [0.25, 0.3) is 0 Å². The van der Waals surface area contributed by atoms with Crippen molar-refractivity contribution in [3.8, 4) is 0 Å². The van der Waals surface area contributed by atoms with Crippen LogP contribution in [0.3, 0.4) is 0 Å². The van der Waals surface area contributed by atoms with Crippen molar-refractivity contribution >= 4 is 23.3 Å². The van der Waals surface area contributed by atoms with E-state index in [2.05, 4.69) is 20.6 Å². The van der Waals surface area contributed by atoms with Gasteiger partial charge in [0.1, 0.15) is 4.88 Å². The SMILES string of the molecule is Cc1nnsc1C(=O)N1CCC2(CCC(=O)N(CCc3cccnc3)C2)CC1. The highest BCUT2D eigenvalue weighted by Gasteiger charge is 2.41. The third-order valence-corrected chi connectivity index (χ3v) is 6.91. The molecule has 2 amide bonds. The van der Waals surface area contributed by atoms with E-state index in [1.807, 2.05) is 29.0 Å². The van der Waals surface area contributed by atoms with E-state index in [-0.39, 0.29) is 17.2 Å². The number of hydrogen-bond acceptors (Lipinski definition) is 6. The lowest BCUT2D eigenvalue weighted by Crippen LogP contribution is -2.52. The molecule has 8 heteroatoms. The van der Waals surface area contributed by atoms with Crippen molar-refractivity contribution in [2.24, 2.45) is 5.41 Å². The van der Waals surface area contributed by atoms with Gasteiger partial charge in [-0.25, -0.2) is 0 Å². The van der Waals surface area contributed by atoms with E-state index in [9.17, 15) is 9.59 Å². The largest absolute Gasteiger partial charge is 0.342 e. The predicted molar refractivity (Wildman–Crippen MR) is 106 cm³/mol. The van der Waals surface area contributed by atoms with E-state index in [4.69, 9.17) is 0 Å². The lowest BCUT2D eigenvalue weighted by Gasteiger charge is -2.47. The smallest absolute Gasteiger partial charge is 0.267 e. The summed E-state index contributed by atoms with van der Waals surface area (Å²) < 4.78 is 3.88. The summed E-state index contributed by atoms with van der Waals surface area (Å²) in [6, 6.07) is 3.99. The number of nitrogens with zero attached hydrogens (tertiary/aromatic N) is 5. The Morgan fingerprint density at radius 2 is 2.11 bits per heavy atom. The first kappa shape index (κ1) is 19.0. The van der Waals surface area contributed by atoms with Crippen molar-refractivity contribution in [3.63, 3.8) is 0 Å². The molecule has 2 saturated heterocycles. The first-order valence-corrected chi connectivity index (χ1v) is 10.6. The minimum atomic E-state index is 0.0441. The fourth-order valence-electron chi connectivity index (χ4n) is 4.28. The number of rotatable bonds is 4. The van der Waals surface area contributed by atoms with Crippen LogP contribution in [0.2, 0.25) is 0 Å². The van der Waals surface area contributed by atoms with E-state index in [0.717, 1.165) is 57.4 Å². The Morgan fingerprint density at radius 3 is 2.79 bits per heavy atom. The summed E-state index contributed by atoms with van der Waals surface area (Å²) in [6.45, 7) is 4.84. The normalized spacial score (nSPS) is 19.2. The summed E-state index contributed by atoms with van der Waals surface area (Å²) in [6.07, 6.45) is 7.89. The summed E-state index contributed by atoms with van der Waals surface area (Å²) in [5, 5.41) is 3.95. The number of amides is 2. The van der Waals surface area contributed by atoms with Gasteiger partial charge < -0.3 is 9.80 Å². The van der Waals surface area contributed by atoms with Crippen LogP contribution in [0, 0.1) is 12.3 Å². The molecule has 28 heavy (non-hydrogen) atoms. The molecule has 2 aliphatic heterocycles. The minimum Gasteiger partial charge on any atom is -0.342 e. The Morgan fingerprint density at radius 1 is 1.29 bits per heavy atom. The van der Waals surface area contributed by atoms with Crippen molar-refractivity contribution in [1.29, 1.82) is 0 Å². The van der Waals surface area contributed by atoms with E-state index < -0.39 is 0 Å². The zero-order valence-corrected chi connectivity index (χ0v) is 17.0. The van der Waals surface area contributed by atoms with Gasteiger partial charge in [0.05, 0.1) is 5.69 Å². The van der Waals surface area contributed by atoms with Crippen LogP contribution in [0.5, 0.6) is 0 Å². The highest BCUT2D eigenvalue weighted by Crippen LogP contribution is 2.40. The van der Waals surface area contributed by atoms with Gasteiger partial charge in [0, 0.05) is 45.0 Å². The van der Waals surface area contributed by atoms with Crippen LogP contribution in [-0.4, -0.2) is 62.4 Å². The van der Waals surface area contributed by atoms with E-state index in [1.54, 1.807) is 6.20 Å². The van der Waals surface area contributed by atoms with Crippen LogP contribution in [0.1, 0.15) is 46.6 Å². The molecule has 2 aromatic heterocycles. The number of piperidine rings is 2. The maximum atomic E-state index is 12.7. The third kappa shape index (κ3) is 3.92. The summed E-state index contributed by atoms with van der Waals surface area (Å²) in [4.78, 5) is 33.9. The Kier molecular flexibility index (Phi) is 5.39. The lowest BCUT2D eigenvalue weighted by atomic mass is 9.72. The first-order chi connectivity index (χ1) is 13.6.